The van der Waals surface area contributed by atoms with Gasteiger partial charge in [-0.25, -0.2) is 0 Å². The van der Waals surface area contributed by atoms with Gasteiger partial charge in [0.1, 0.15) is 5.54 Å². The number of carbonyl (C=O) groups excluding carboxylic acids is 3. The summed E-state index contributed by atoms with van der Waals surface area (Å²) in [7, 11) is 0. The highest BCUT2D eigenvalue weighted by molar-refractivity contribution is 6.35. The Hall–Kier alpha value is -1.92. The summed E-state index contributed by atoms with van der Waals surface area (Å²) >= 11 is 6.32. The van der Waals surface area contributed by atoms with Crippen LogP contribution in [-0.2, 0) is 19.9 Å². The number of fused-ring (bicyclic) bond motifs is 4. The summed E-state index contributed by atoms with van der Waals surface area (Å²) in [5.74, 6) is -1.63. The van der Waals surface area contributed by atoms with E-state index in [1.54, 1.807) is 12.1 Å². The first-order valence-electron chi connectivity index (χ1n) is 10.1. The van der Waals surface area contributed by atoms with Gasteiger partial charge in [-0.2, -0.15) is 0 Å². The molecule has 1 spiro atoms. The largest absolute Gasteiger partial charge is 0.323 e. The number of nitrogens with one attached hydrogen (secondary N) is 2. The van der Waals surface area contributed by atoms with Crippen molar-refractivity contribution in [2.45, 2.75) is 51.6 Å². The maximum Gasteiger partial charge on any atom is 0.250 e. The van der Waals surface area contributed by atoms with Gasteiger partial charge in [0.25, 0.3) is 0 Å². The fourth-order valence-corrected chi connectivity index (χ4v) is 5.32. The van der Waals surface area contributed by atoms with Gasteiger partial charge in [0, 0.05) is 18.2 Å². The Labute approximate surface area is 170 Å². The maximum atomic E-state index is 13.4. The molecule has 4 atom stereocenters. The number of para-hydroxylation sites is 1. The first-order chi connectivity index (χ1) is 13.3. The maximum absolute atomic E-state index is 13.4. The Kier molecular flexibility index (Phi) is 4.74. The van der Waals surface area contributed by atoms with Crippen molar-refractivity contribution in [3.8, 4) is 0 Å². The second kappa shape index (κ2) is 6.85. The Morgan fingerprint density at radius 2 is 1.96 bits per heavy atom. The molecule has 28 heavy (non-hydrogen) atoms. The molecular weight excluding hydrogens is 378 g/mol. The number of hydrogen-bond donors (Lipinski definition) is 2. The van der Waals surface area contributed by atoms with Gasteiger partial charge in [-0.15, -0.1) is 0 Å². The summed E-state index contributed by atoms with van der Waals surface area (Å²) in [6, 6.07) is 5.09. The molecular formula is C21H26ClN3O3. The van der Waals surface area contributed by atoms with Crippen LogP contribution in [0.1, 0.15) is 45.6 Å². The fourth-order valence-electron chi connectivity index (χ4n) is 5.10. The smallest absolute Gasteiger partial charge is 0.250 e. The zero-order valence-electron chi connectivity index (χ0n) is 16.4. The van der Waals surface area contributed by atoms with E-state index in [0.717, 1.165) is 12.8 Å². The molecule has 3 heterocycles. The van der Waals surface area contributed by atoms with E-state index in [2.05, 4.69) is 24.5 Å². The number of amides is 3. The molecule has 6 nitrogen and oxygen atoms in total. The molecule has 1 aromatic carbocycles. The van der Waals surface area contributed by atoms with E-state index in [1.807, 2.05) is 13.0 Å². The second-order valence-electron chi connectivity index (χ2n) is 8.49. The summed E-state index contributed by atoms with van der Waals surface area (Å²) in [5.41, 5.74) is -0.0272. The summed E-state index contributed by atoms with van der Waals surface area (Å²) in [5, 5.41) is 6.73. The number of likely N-dealkylation sites (tertiary alicyclic amines) is 1. The number of unbranched alkanes of at least 4 members (excludes halogenated alkanes) is 1. The van der Waals surface area contributed by atoms with Crippen LogP contribution in [0, 0.1) is 17.8 Å². The minimum Gasteiger partial charge on any atom is -0.323 e. The first-order valence-corrected chi connectivity index (χ1v) is 10.4. The second-order valence-corrected chi connectivity index (χ2v) is 8.90. The quantitative estimate of drug-likeness (QED) is 0.741. The van der Waals surface area contributed by atoms with E-state index in [0.29, 0.717) is 35.2 Å². The molecule has 3 amide bonds. The molecule has 0 aliphatic carbocycles. The fraction of sp³-hybridized carbons (Fsp3) is 0.571. The highest BCUT2D eigenvalue weighted by Gasteiger charge is 2.70. The average Bonchev–Trinajstić information content (AvgIpc) is 3.20. The van der Waals surface area contributed by atoms with E-state index in [9.17, 15) is 14.4 Å². The lowest BCUT2D eigenvalue weighted by molar-refractivity contribution is -0.142. The molecule has 7 heteroatoms. The van der Waals surface area contributed by atoms with Crippen molar-refractivity contribution in [2.24, 2.45) is 17.8 Å². The predicted molar refractivity (Wildman–Crippen MR) is 107 cm³/mol. The van der Waals surface area contributed by atoms with Gasteiger partial charge in [-0.05, 0) is 24.8 Å². The minimum absolute atomic E-state index is 0.151. The minimum atomic E-state index is -1.24. The van der Waals surface area contributed by atoms with Crippen LogP contribution in [0.15, 0.2) is 18.2 Å². The van der Waals surface area contributed by atoms with Crippen molar-refractivity contribution in [1.29, 1.82) is 0 Å². The van der Waals surface area contributed by atoms with E-state index in [4.69, 9.17) is 11.6 Å². The lowest BCUT2D eigenvalue weighted by Crippen LogP contribution is -2.53. The van der Waals surface area contributed by atoms with Crippen molar-refractivity contribution < 1.29 is 14.4 Å². The van der Waals surface area contributed by atoms with Gasteiger partial charge in [0.05, 0.1) is 22.5 Å². The molecule has 150 valence electrons. The van der Waals surface area contributed by atoms with Crippen LogP contribution in [-0.4, -0.2) is 35.2 Å². The molecule has 0 saturated carbocycles. The zero-order valence-corrected chi connectivity index (χ0v) is 17.2. The number of anilines is 1. The van der Waals surface area contributed by atoms with Crippen LogP contribution in [0.25, 0.3) is 0 Å². The number of benzene rings is 1. The predicted octanol–water partition coefficient (Wildman–Crippen LogP) is 2.91. The molecule has 2 fully saturated rings. The molecule has 2 saturated heterocycles. The van der Waals surface area contributed by atoms with E-state index in [-0.39, 0.29) is 23.8 Å². The SMILES string of the molecule is CCCCN1C(=O)C2C(CC(C)C)NC3(C(=O)Nc4c(Cl)cccc43)C2C1=O. The number of nitrogens with zero attached hydrogens (tertiary/aromatic N) is 1. The molecule has 0 radical (unpaired) electrons. The standard InChI is InChI=1S/C21H26ClN3O3/c1-4-5-9-25-18(26)15-14(10-11(2)3)24-21(16(15)19(25)27)12-7-6-8-13(22)17(12)23-20(21)28/h6-8,11,14-16,24H,4-5,9-10H2,1-3H3,(H,23,28). The number of hydrogen-bond acceptors (Lipinski definition) is 4. The van der Waals surface area contributed by atoms with Gasteiger partial charge in [0.2, 0.25) is 17.7 Å². The molecule has 0 bridgehead atoms. The molecule has 0 aromatic heterocycles. The van der Waals surface area contributed by atoms with Gasteiger partial charge < -0.3 is 5.32 Å². The third kappa shape index (κ3) is 2.54. The van der Waals surface area contributed by atoms with Crippen LogP contribution in [0.2, 0.25) is 5.02 Å². The molecule has 1 aromatic rings. The first kappa shape index (κ1) is 19.4. The van der Waals surface area contributed by atoms with E-state index < -0.39 is 17.4 Å². The van der Waals surface area contributed by atoms with Crippen molar-refractivity contribution in [2.75, 3.05) is 11.9 Å². The molecule has 4 unspecified atom stereocenters. The van der Waals surface area contributed by atoms with E-state index in [1.165, 1.54) is 4.90 Å². The number of rotatable bonds is 5. The molecule has 3 aliphatic heterocycles. The summed E-state index contributed by atoms with van der Waals surface area (Å²) < 4.78 is 0. The van der Waals surface area contributed by atoms with Crippen LogP contribution in [0.5, 0.6) is 0 Å². The Balaban J connectivity index is 1.84. The average molecular weight is 404 g/mol. The summed E-state index contributed by atoms with van der Waals surface area (Å²) in [6.07, 6.45) is 2.37. The van der Waals surface area contributed by atoms with Crippen molar-refractivity contribution >= 4 is 35.0 Å². The Morgan fingerprint density at radius 3 is 2.64 bits per heavy atom. The van der Waals surface area contributed by atoms with E-state index >= 15 is 0 Å². The molecule has 4 rings (SSSR count). The Morgan fingerprint density at radius 1 is 1.21 bits per heavy atom. The van der Waals surface area contributed by atoms with Crippen molar-refractivity contribution in [3.05, 3.63) is 28.8 Å². The molecule has 3 aliphatic rings. The van der Waals surface area contributed by atoms with Crippen molar-refractivity contribution in [3.63, 3.8) is 0 Å². The number of halogens is 1. The van der Waals surface area contributed by atoms with Gasteiger partial charge in [-0.1, -0.05) is 50.9 Å². The number of imide groups is 1. The van der Waals surface area contributed by atoms with Crippen LogP contribution < -0.4 is 10.6 Å². The monoisotopic (exact) mass is 403 g/mol. The van der Waals surface area contributed by atoms with Gasteiger partial charge in [-0.3, -0.25) is 24.6 Å². The topological polar surface area (TPSA) is 78.5 Å². The molecule has 2 N–H and O–H groups in total. The number of carbonyl (C=O) groups is 3. The van der Waals surface area contributed by atoms with Crippen LogP contribution in [0.4, 0.5) is 5.69 Å². The highest BCUT2D eigenvalue weighted by Crippen LogP contribution is 2.54. The zero-order chi connectivity index (χ0) is 20.2. The lowest BCUT2D eigenvalue weighted by Gasteiger charge is -2.29. The summed E-state index contributed by atoms with van der Waals surface area (Å²) in [6.45, 7) is 6.60. The van der Waals surface area contributed by atoms with Crippen LogP contribution >= 0.6 is 11.6 Å². The van der Waals surface area contributed by atoms with Gasteiger partial charge >= 0.3 is 0 Å². The van der Waals surface area contributed by atoms with Crippen LogP contribution in [0.3, 0.4) is 0 Å². The third-order valence-corrected chi connectivity index (χ3v) is 6.57. The third-order valence-electron chi connectivity index (χ3n) is 6.25. The Bertz CT molecular complexity index is 855. The lowest BCUT2D eigenvalue weighted by atomic mass is 9.76. The summed E-state index contributed by atoms with van der Waals surface area (Å²) in [4.78, 5) is 41.2. The highest BCUT2D eigenvalue weighted by atomic mass is 35.5. The van der Waals surface area contributed by atoms with Crippen molar-refractivity contribution in [1.82, 2.24) is 10.2 Å². The van der Waals surface area contributed by atoms with Gasteiger partial charge in [0.15, 0.2) is 0 Å². The normalized spacial score (nSPS) is 31.1.